The average Bonchev–Trinajstić information content (AvgIpc) is 3.34. The Bertz CT molecular complexity index is 694. The van der Waals surface area contributed by atoms with E-state index in [-0.39, 0.29) is 36.0 Å². The molecular weight excluding hydrogens is 505 g/mol. The van der Waals surface area contributed by atoms with E-state index in [1.165, 1.54) is 11.1 Å². The fraction of sp³-hybridized carbons (Fsp3) is 0.652. The molecule has 0 aliphatic carbocycles. The van der Waals surface area contributed by atoms with Gasteiger partial charge in [0, 0.05) is 52.9 Å². The number of aliphatic imine (C=N–C) groups is 1. The maximum Gasteiger partial charge on any atom is 0.251 e. The lowest BCUT2D eigenvalue weighted by atomic mass is 10.1. The van der Waals surface area contributed by atoms with Gasteiger partial charge in [0.05, 0.1) is 0 Å². The summed E-state index contributed by atoms with van der Waals surface area (Å²) < 4.78 is 5.55. The van der Waals surface area contributed by atoms with Crippen molar-refractivity contribution in [3.63, 3.8) is 0 Å². The van der Waals surface area contributed by atoms with E-state index in [2.05, 4.69) is 58.2 Å². The Labute approximate surface area is 204 Å². The maximum absolute atomic E-state index is 12.5. The summed E-state index contributed by atoms with van der Waals surface area (Å²) >= 11 is 0. The lowest BCUT2D eigenvalue weighted by Gasteiger charge is -2.37. The highest BCUT2D eigenvalue weighted by atomic mass is 127. The summed E-state index contributed by atoms with van der Waals surface area (Å²) in [6, 6.07) is 8.82. The quantitative estimate of drug-likeness (QED) is 0.326. The summed E-state index contributed by atoms with van der Waals surface area (Å²) in [6.07, 6.45) is 1.62. The molecule has 3 rings (SSSR count). The van der Waals surface area contributed by atoms with E-state index in [9.17, 15) is 4.79 Å². The minimum Gasteiger partial charge on any atom is -0.368 e. The first-order valence-corrected chi connectivity index (χ1v) is 11.3. The fourth-order valence-corrected chi connectivity index (χ4v) is 4.10. The highest BCUT2D eigenvalue weighted by molar-refractivity contribution is 14.0. The highest BCUT2D eigenvalue weighted by Crippen LogP contribution is 2.16. The minimum absolute atomic E-state index is 0. The first-order valence-electron chi connectivity index (χ1n) is 11.3. The molecule has 1 aromatic carbocycles. The van der Waals surface area contributed by atoms with Gasteiger partial charge in [-0.05, 0) is 37.1 Å². The first-order chi connectivity index (χ1) is 14.6. The monoisotopic (exact) mass is 543 g/mol. The summed E-state index contributed by atoms with van der Waals surface area (Å²) in [5, 5.41) is 3.47. The molecule has 2 heterocycles. The molecule has 2 aliphatic heterocycles. The van der Waals surface area contributed by atoms with Crippen molar-refractivity contribution in [3.05, 3.63) is 35.4 Å². The predicted octanol–water partition coefficient (Wildman–Crippen LogP) is 2.55. The van der Waals surface area contributed by atoms with Crippen LogP contribution in [-0.4, -0.2) is 85.6 Å². The lowest BCUT2D eigenvalue weighted by Crippen LogP contribution is -2.55. The highest BCUT2D eigenvalue weighted by Gasteiger charge is 2.30. The summed E-state index contributed by atoms with van der Waals surface area (Å²) in [6.45, 7) is 12.0. The number of piperazine rings is 1. The lowest BCUT2D eigenvalue weighted by molar-refractivity contribution is -0.142. The maximum atomic E-state index is 12.5. The van der Waals surface area contributed by atoms with Gasteiger partial charge in [-0.3, -0.25) is 14.7 Å². The molecule has 8 heteroatoms. The van der Waals surface area contributed by atoms with Gasteiger partial charge in [-0.25, -0.2) is 0 Å². The van der Waals surface area contributed by atoms with Crippen molar-refractivity contribution in [2.45, 2.75) is 45.9 Å². The number of halogens is 1. The van der Waals surface area contributed by atoms with Gasteiger partial charge in [0.1, 0.15) is 6.10 Å². The van der Waals surface area contributed by atoms with Crippen LogP contribution in [0.5, 0.6) is 0 Å². The predicted molar refractivity (Wildman–Crippen MR) is 136 cm³/mol. The molecule has 1 amide bonds. The Morgan fingerprint density at radius 1 is 1.10 bits per heavy atom. The molecule has 0 spiro atoms. The molecule has 174 valence electrons. The number of amides is 1. The number of hydrogen-bond acceptors (Lipinski definition) is 4. The second kappa shape index (κ2) is 13.2. The molecule has 1 N–H and O–H groups in total. The van der Waals surface area contributed by atoms with Gasteiger partial charge in [-0.15, -0.1) is 24.0 Å². The number of carbonyl (C=O) groups is 1. The number of nitrogens with one attached hydrogen (secondary N) is 1. The van der Waals surface area contributed by atoms with Gasteiger partial charge >= 0.3 is 0 Å². The zero-order valence-corrected chi connectivity index (χ0v) is 21.5. The zero-order valence-electron chi connectivity index (χ0n) is 19.2. The summed E-state index contributed by atoms with van der Waals surface area (Å²) in [7, 11) is 1.82. The van der Waals surface area contributed by atoms with E-state index in [0.717, 1.165) is 71.2 Å². The normalized spacial score (nSPS) is 19.5. The van der Waals surface area contributed by atoms with E-state index in [4.69, 9.17) is 4.74 Å². The average molecular weight is 543 g/mol. The van der Waals surface area contributed by atoms with Gasteiger partial charge in [-0.2, -0.15) is 0 Å². The molecule has 0 saturated carbocycles. The Balaban J connectivity index is 0.00000341. The second-order valence-electron chi connectivity index (χ2n) is 7.99. The summed E-state index contributed by atoms with van der Waals surface area (Å²) in [5.74, 6) is 1.05. The van der Waals surface area contributed by atoms with Crippen molar-refractivity contribution in [1.82, 2.24) is 20.0 Å². The number of nitrogens with zero attached hydrogens (tertiary/aromatic N) is 4. The van der Waals surface area contributed by atoms with E-state index < -0.39 is 0 Å². The Hall–Kier alpha value is -1.39. The van der Waals surface area contributed by atoms with E-state index in [1.807, 2.05) is 11.9 Å². The molecule has 2 aliphatic rings. The van der Waals surface area contributed by atoms with Crippen LogP contribution in [0, 0.1) is 0 Å². The van der Waals surface area contributed by atoms with Crippen LogP contribution in [0.25, 0.3) is 0 Å². The van der Waals surface area contributed by atoms with Crippen molar-refractivity contribution >= 4 is 35.8 Å². The molecule has 31 heavy (non-hydrogen) atoms. The molecule has 1 unspecified atom stereocenters. The topological polar surface area (TPSA) is 60.4 Å². The van der Waals surface area contributed by atoms with Gasteiger partial charge in [0.15, 0.2) is 5.96 Å². The SMILES string of the molecule is CCN(CC)Cc1ccc(CNC(=NC)N2CCN(C(=O)C3CCCO3)CC2)cc1.I. The van der Waals surface area contributed by atoms with Crippen LogP contribution in [0.15, 0.2) is 29.3 Å². The van der Waals surface area contributed by atoms with Crippen molar-refractivity contribution < 1.29 is 9.53 Å². The second-order valence-corrected chi connectivity index (χ2v) is 7.99. The number of hydrogen-bond donors (Lipinski definition) is 1. The Morgan fingerprint density at radius 3 is 2.26 bits per heavy atom. The molecule has 0 aromatic heterocycles. The Kier molecular flexibility index (Phi) is 11.0. The standard InChI is InChI=1S/C23H37N5O2.HI/c1-4-26(5-2)18-20-10-8-19(9-11-20)17-25-23(24-3)28-14-12-27(13-15-28)22(29)21-7-6-16-30-21;/h8-11,21H,4-7,12-18H2,1-3H3,(H,24,25);1H. The minimum atomic E-state index is -0.223. The number of guanidine groups is 1. The van der Waals surface area contributed by atoms with Crippen LogP contribution in [0.4, 0.5) is 0 Å². The molecule has 0 bridgehead atoms. The van der Waals surface area contributed by atoms with Crippen molar-refractivity contribution in [2.24, 2.45) is 4.99 Å². The molecule has 1 aromatic rings. The van der Waals surface area contributed by atoms with Gasteiger partial charge in [0.2, 0.25) is 0 Å². The number of benzene rings is 1. The van der Waals surface area contributed by atoms with Crippen LogP contribution >= 0.6 is 24.0 Å². The molecule has 2 fully saturated rings. The Morgan fingerprint density at radius 2 is 1.71 bits per heavy atom. The largest absolute Gasteiger partial charge is 0.368 e. The molecule has 0 radical (unpaired) electrons. The van der Waals surface area contributed by atoms with E-state index in [1.54, 1.807) is 0 Å². The molecule has 7 nitrogen and oxygen atoms in total. The first kappa shape index (κ1) is 25.9. The van der Waals surface area contributed by atoms with Gasteiger partial charge in [-0.1, -0.05) is 38.1 Å². The number of ether oxygens (including phenoxy) is 1. The molecule has 2 saturated heterocycles. The van der Waals surface area contributed by atoms with Crippen molar-refractivity contribution in [2.75, 3.05) is 52.9 Å². The summed E-state index contributed by atoms with van der Waals surface area (Å²) in [4.78, 5) is 23.6. The van der Waals surface area contributed by atoms with Crippen LogP contribution in [-0.2, 0) is 22.6 Å². The van der Waals surface area contributed by atoms with Crippen LogP contribution < -0.4 is 5.32 Å². The molecular formula is C23H38IN5O2. The van der Waals surface area contributed by atoms with Crippen molar-refractivity contribution in [3.8, 4) is 0 Å². The fourth-order valence-electron chi connectivity index (χ4n) is 4.10. The third kappa shape index (κ3) is 7.32. The molecule has 1 atom stereocenters. The summed E-state index contributed by atoms with van der Waals surface area (Å²) in [5.41, 5.74) is 2.59. The van der Waals surface area contributed by atoms with Crippen LogP contribution in [0.2, 0.25) is 0 Å². The van der Waals surface area contributed by atoms with Gasteiger partial charge < -0.3 is 19.9 Å². The number of carbonyl (C=O) groups excluding carboxylic acids is 1. The smallest absolute Gasteiger partial charge is 0.251 e. The third-order valence-electron chi connectivity index (χ3n) is 6.08. The van der Waals surface area contributed by atoms with E-state index >= 15 is 0 Å². The van der Waals surface area contributed by atoms with E-state index in [0.29, 0.717) is 6.61 Å². The van der Waals surface area contributed by atoms with Crippen LogP contribution in [0.1, 0.15) is 37.8 Å². The van der Waals surface area contributed by atoms with Crippen LogP contribution in [0.3, 0.4) is 0 Å². The van der Waals surface area contributed by atoms with Gasteiger partial charge in [0.25, 0.3) is 5.91 Å². The number of rotatable bonds is 7. The van der Waals surface area contributed by atoms with Crippen molar-refractivity contribution in [1.29, 1.82) is 0 Å². The zero-order chi connectivity index (χ0) is 21.3. The third-order valence-corrected chi connectivity index (χ3v) is 6.08.